The maximum atomic E-state index is 11.9. The molecule has 0 fully saturated rings. The van der Waals surface area contributed by atoms with Crippen LogP contribution in [0.15, 0.2) is 25.3 Å². The average molecular weight is 408 g/mol. The van der Waals surface area contributed by atoms with Gasteiger partial charge in [-0.2, -0.15) is 0 Å². The van der Waals surface area contributed by atoms with Gasteiger partial charge in [0.25, 0.3) is 0 Å². The Labute approximate surface area is 184 Å². The lowest BCUT2D eigenvalue weighted by Gasteiger charge is -2.13. The zero-order valence-electron chi connectivity index (χ0n) is 20.3. The molecule has 0 aliphatic heterocycles. The molecule has 0 spiro atoms. The maximum absolute atomic E-state index is 11.9. The van der Waals surface area contributed by atoms with Crippen LogP contribution in [0.3, 0.4) is 0 Å². The molecule has 0 heterocycles. The van der Waals surface area contributed by atoms with Crippen molar-refractivity contribution in [1.29, 1.82) is 0 Å². The van der Waals surface area contributed by atoms with Crippen LogP contribution in [-0.4, -0.2) is 11.9 Å². The van der Waals surface area contributed by atoms with Crippen LogP contribution < -0.4 is 5.32 Å². The summed E-state index contributed by atoms with van der Waals surface area (Å²) in [6, 6.07) is 0.0897. The molecule has 1 amide bonds. The summed E-state index contributed by atoms with van der Waals surface area (Å²) >= 11 is 0. The largest absolute Gasteiger partial charge is 0.350 e. The summed E-state index contributed by atoms with van der Waals surface area (Å²) in [5.74, 6) is 0.165. The van der Waals surface area contributed by atoms with Gasteiger partial charge < -0.3 is 5.32 Å². The van der Waals surface area contributed by atoms with Gasteiger partial charge in [-0.25, -0.2) is 0 Å². The highest BCUT2D eigenvalue weighted by atomic mass is 16.1. The van der Waals surface area contributed by atoms with E-state index in [4.69, 9.17) is 0 Å². The monoisotopic (exact) mass is 407 g/mol. The van der Waals surface area contributed by atoms with Gasteiger partial charge in [-0.05, 0) is 19.3 Å². The molecule has 0 aromatic heterocycles. The molecule has 0 aliphatic rings. The van der Waals surface area contributed by atoms with Gasteiger partial charge in [-0.3, -0.25) is 4.79 Å². The van der Waals surface area contributed by atoms with E-state index in [-0.39, 0.29) is 11.9 Å². The van der Waals surface area contributed by atoms with Crippen LogP contribution in [-0.2, 0) is 4.79 Å². The van der Waals surface area contributed by atoms with Crippen LogP contribution in [0, 0.1) is 0 Å². The minimum Gasteiger partial charge on any atom is -0.350 e. The summed E-state index contributed by atoms with van der Waals surface area (Å²) in [4.78, 5) is 11.9. The highest BCUT2D eigenvalue weighted by Gasteiger charge is 2.07. The molecule has 1 atom stereocenters. The Hall–Kier alpha value is -1.05. The summed E-state index contributed by atoms with van der Waals surface area (Å²) in [5.41, 5.74) is 0. The second-order valence-corrected chi connectivity index (χ2v) is 7.98. The molecule has 1 N–H and O–H groups in total. The first kappa shape index (κ1) is 30.1. The molecule has 29 heavy (non-hydrogen) atoms. The Morgan fingerprint density at radius 3 is 1.55 bits per heavy atom. The van der Waals surface area contributed by atoms with Gasteiger partial charge in [-0.15, -0.1) is 13.2 Å². The van der Waals surface area contributed by atoms with E-state index < -0.39 is 0 Å². The second-order valence-electron chi connectivity index (χ2n) is 7.98. The number of hydrogen-bond acceptors (Lipinski definition) is 1. The third-order valence-corrected chi connectivity index (χ3v) is 5.32. The van der Waals surface area contributed by atoms with Crippen LogP contribution in [0.2, 0.25) is 0 Å². The van der Waals surface area contributed by atoms with Crippen LogP contribution >= 0.6 is 0 Å². The van der Waals surface area contributed by atoms with Crippen molar-refractivity contribution in [2.24, 2.45) is 0 Å². The summed E-state index contributed by atoms with van der Waals surface area (Å²) in [6.45, 7) is 13.8. The quantitative estimate of drug-likeness (QED) is 0.149. The normalized spacial score (nSPS) is 11.3. The summed E-state index contributed by atoms with van der Waals surface area (Å²) in [7, 11) is 0. The van der Waals surface area contributed by atoms with E-state index in [1.54, 1.807) is 0 Å². The van der Waals surface area contributed by atoms with Gasteiger partial charge in [-0.1, -0.05) is 123 Å². The Morgan fingerprint density at radius 1 is 0.759 bits per heavy atom. The number of carbonyl (C=O) groups is 1. The number of rotatable bonds is 21. The van der Waals surface area contributed by atoms with Crippen molar-refractivity contribution in [3.05, 3.63) is 25.3 Å². The first-order valence-corrected chi connectivity index (χ1v) is 12.8. The molecule has 2 heteroatoms. The second kappa shape index (κ2) is 27.0. The SMILES string of the molecule is C=CCCC(C=C)NC(=O)CCCCCCCCCCCCCCCCC.CC. The topological polar surface area (TPSA) is 29.1 Å². The predicted molar refractivity (Wildman–Crippen MR) is 132 cm³/mol. The van der Waals surface area contributed by atoms with Gasteiger partial charge in [0, 0.05) is 12.5 Å². The summed E-state index contributed by atoms with van der Waals surface area (Å²) in [6.07, 6.45) is 26.5. The highest BCUT2D eigenvalue weighted by Crippen LogP contribution is 2.13. The van der Waals surface area contributed by atoms with E-state index in [1.165, 1.54) is 89.9 Å². The average Bonchev–Trinajstić information content (AvgIpc) is 2.75. The van der Waals surface area contributed by atoms with Crippen molar-refractivity contribution in [2.45, 2.75) is 142 Å². The van der Waals surface area contributed by atoms with Gasteiger partial charge in [0.1, 0.15) is 0 Å². The fourth-order valence-electron chi connectivity index (χ4n) is 3.48. The first-order valence-electron chi connectivity index (χ1n) is 12.8. The minimum absolute atomic E-state index is 0.0897. The molecule has 1 unspecified atom stereocenters. The van der Waals surface area contributed by atoms with E-state index in [1.807, 2.05) is 26.0 Å². The van der Waals surface area contributed by atoms with Crippen molar-refractivity contribution in [1.82, 2.24) is 5.32 Å². The molecule has 0 radical (unpaired) electrons. The molecule has 0 rings (SSSR count). The van der Waals surface area contributed by atoms with Crippen LogP contribution in [0.1, 0.15) is 136 Å². The predicted octanol–water partition coefficient (Wildman–Crippen LogP) is 8.91. The number of carbonyl (C=O) groups excluding carboxylic acids is 1. The Kier molecular flexibility index (Phi) is 28.0. The third-order valence-electron chi connectivity index (χ3n) is 5.32. The Morgan fingerprint density at radius 2 is 1.17 bits per heavy atom. The maximum Gasteiger partial charge on any atom is 0.220 e. The molecule has 0 aliphatic carbocycles. The van der Waals surface area contributed by atoms with Crippen LogP contribution in [0.5, 0.6) is 0 Å². The number of unbranched alkanes of at least 4 members (excludes halogenated alkanes) is 14. The van der Waals surface area contributed by atoms with E-state index in [2.05, 4.69) is 25.4 Å². The molecule has 0 saturated heterocycles. The molecule has 0 saturated carbocycles. The number of hydrogen-bond donors (Lipinski definition) is 1. The number of nitrogens with one attached hydrogen (secondary N) is 1. The van der Waals surface area contributed by atoms with Gasteiger partial charge >= 0.3 is 0 Å². The smallest absolute Gasteiger partial charge is 0.220 e. The molecular weight excluding hydrogens is 354 g/mol. The lowest BCUT2D eigenvalue weighted by Crippen LogP contribution is -2.32. The van der Waals surface area contributed by atoms with Crippen molar-refractivity contribution >= 4 is 5.91 Å². The number of amides is 1. The van der Waals surface area contributed by atoms with Crippen LogP contribution in [0.25, 0.3) is 0 Å². The van der Waals surface area contributed by atoms with Crippen molar-refractivity contribution in [3.63, 3.8) is 0 Å². The fraction of sp³-hybridized carbons (Fsp3) is 0.815. The van der Waals surface area contributed by atoms with Crippen LogP contribution in [0.4, 0.5) is 0 Å². The fourth-order valence-corrected chi connectivity index (χ4v) is 3.48. The first-order chi connectivity index (χ1) is 14.2. The van der Waals surface area contributed by atoms with Gasteiger partial charge in [0.2, 0.25) is 5.91 Å². The lowest BCUT2D eigenvalue weighted by molar-refractivity contribution is -0.121. The van der Waals surface area contributed by atoms with Crippen molar-refractivity contribution < 1.29 is 4.79 Å². The van der Waals surface area contributed by atoms with E-state index >= 15 is 0 Å². The van der Waals surface area contributed by atoms with Gasteiger partial charge in [0.05, 0.1) is 0 Å². The molecule has 0 bridgehead atoms. The van der Waals surface area contributed by atoms with E-state index in [0.29, 0.717) is 6.42 Å². The zero-order chi connectivity index (χ0) is 22.0. The minimum atomic E-state index is 0.0897. The summed E-state index contributed by atoms with van der Waals surface area (Å²) in [5, 5.41) is 3.05. The highest BCUT2D eigenvalue weighted by molar-refractivity contribution is 5.76. The standard InChI is InChI=1S/C25H47NO.C2H6/c1-4-7-9-10-11-12-13-14-15-16-17-18-19-20-21-23-25(27)26-24(6-3)22-8-5-2;1-2/h5-6,24H,2-4,7-23H2,1H3,(H,26,27);1-2H3. The molecule has 0 aromatic rings. The lowest BCUT2D eigenvalue weighted by atomic mass is 10.0. The van der Waals surface area contributed by atoms with Crippen molar-refractivity contribution in [2.75, 3.05) is 0 Å². The molecule has 2 nitrogen and oxygen atoms in total. The zero-order valence-corrected chi connectivity index (χ0v) is 20.3. The van der Waals surface area contributed by atoms with Crippen molar-refractivity contribution in [3.8, 4) is 0 Å². The Balaban J connectivity index is 0. The molecule has 172 valence electrons. The number of allylic oxidation sites excluding steroid dienone is 1. The third kappa shape index (κ3) is 24.9. The molecular formula is C27H53NO. The van der Waals surface area contributed by atoms with Gasteiger partial charge in [0.15, 0.2) is 0 Å². The molecule has 0 aromatic carbocycles. The van der Waals surface area contributed by atoms with E-state index in [9.17, 15) is 4.79 Å². The summed E-state index contributed by atoms with van der Waals surface area (Å²) < 4.78 is 0. The Bertz CT molecular complexity index is 350. The van der Waals surface area contributed by atoms with E-state index in [0.717, 1.165) is 19.3 Å².